The van der Waals surface area contributed by atoms with Gasteiger partial charge in [0.05, 0.1) is 5.52 Å². The first kappa shape index (κ1) is 13.4. The van der Waals surface area contributed by atoms with Crippen LogP contribution in [-0.2, 0) is 6.54 Å². The maximum absolute atomic E-state index is 5.96. The van der Waals surface area contributed by atoms with Gasteiger partial charge in [0, 0.05) is 30.1 Å². The first-order chi connectivity index (χ1) is 9.69. The molecule has 3 nitrogen and oxygen atoms in total. The molecule has 0 bridgehead atoms. The quantitative estimate of drug-likeness (QED) is 0.905. The van der Waals surface area contributed by atoms with Crippen LogP contribution in [0.25, 0.3) is 10.9 Å². The summed E-state index contributed by atoms with van der Waals surface area (Å²) in [6, 6.07) is 10.9. The van der Waals surface area contributed by atoms with Crippen LogP contribution < -0.4 is 10.6 Å². The van der Waals surface area contributed by atoms with E-state index in [1.807, 2.05) is 12.1 Å². The molecule has 1 aliphatic rings. The monoisotopic (exact) mass is 269 g/mol. The van der Waals surface area contributed by atoms with Gasteiger partial charge < -0.3 is 10.6 Å². The van der Waals surface area contributed by atoms with Crippen molar-refractivity contribution in [2.45, 2.75) is 39.3 Å². The van der Waals surface area contributed by atoms with E-state index in [0.717, 1.165) is 29.4 Å². The number of pyridine rings is 1. The van der Waals surface area contributed by atoms with Crippen LogP contribution >= 0.6 is 0 Å². The van der Waals surface area contributed by atoms with Gasteiger partial charge in [-0.05, 0) is 44.7 Å². The van der Waals surface area contributed by atoms with E-state index in [2.05, 4.69) is 36.9 Å². The Morgan fingerprint density at radius 2 is 2.05 bits per heavy atom. The molecule has 1 aromatic carbocycles. The fourth-order valence-electron chi connectivity index (χ4n) is 2.67. The van der Waals surface area contributed by atoms with E-state index in [4.69, 9.17) is 10.7 Å². The summed E-state index contributed by atoms with van der Waals surface area (Å²) in [4.78, 5) is 7.32. The third-order valence-electron chi connectivity index (χ3n) is 4.05. The number of benzene rings is 1. The van der Waals surface area contributed by atoms with Gasteiger partial charge in [-0.2, -0.15) is 0 Å². The first-order valence-corrected chi connectivity index (χ1v) is 7.54. The number of hydrogen-bond donors (Lipinski definition) is 1. The number of aromatic nitrogens is 1. The van der Waals surface area contributed by atoms with Crippen molar-refractivity contribution in [3.05, 3.63) is 35.9 Å². The number of hydrogen-bond acceptors (Lipinski definition) is 3. The molecule has 1 heterocycles. The van der Waals surface area contributed by atoms with Gasteiger partial charge in [0.2, 0.25) is 0 Å². The summed E-state index contributed by atoms with van der Waals surface area (Å²) in [7, 11) is 0. The molecule has 0 unspecified atom stereocenters. The predicted octanol–water partition coefficient (Wildman–Crippen LogP) is 3.32. The highest BCUT2D eigenvalue weighted by atomic mass is 15.2. The maximum atomic E-state index is 5.96. The Balaban J connectivity index is 2.06. The summed E-state index contributed by atoms with van der Waals surface area (Å²) >= 11 is 0. The molecule has 2 N–H and O–H groups in total. The highest BCUT2D eigenvalue weighted by molar-refractivity contribution is 5.81. The fraction of sp³-hybridized carbons (Fsp3) is 0.471. The van der Waals surface area contributed by atoms with Gasteiger partial charge in [0.1, 0.15) is 5.82 Å². The number of anilines is 1. The van der Waals surface area contributed by atoms with Crippen molar-refractivity contribution in [1.29, 1.82) is 0 Å². The topological polar surface area (TPSA) is 42.2 Å². The van der Waals surface area contributed by atoms with Crippen LogP contribution in [0.3, 0.4) is 0 Å². The molecule has 0 saturated heterocycles. The first-order valence-electron chi connectivity index (χ1n) is 7.54. The Hall–Kier alpha value is -1.61. The highest BCUT2D eigenvalue weighted by Gasteiger charge is 2.27. The third-order valence-corrected chi connectivity index (χ3v) is 4.05. The van der Waals surface area contributed by atoms with E-state index in [-0.39, 0.29) is 0 Å². The molecule has 20 heavy (non-hydrogen) atoms. The molecule has 1 saturated carbocycles. The van der Waals surface area contributed by atoms with Crippen molar-refractivity contribution < 1.29 is 0 Å². The average molecular weight is 269 g/mol. The molecular formula is C17H23N3. The standard InChI is InChI=1S/C17H23N3/c1-12(2)20(11-13-7-8-13)17-15(10-18)9-14-5-3-4-6-16(14)19-17/h3-6,9,12-13H,7-8,10-11,18H2,1-2H3. The van der Waals surface area contributed by atoms with Crippen molar-refractivity contribution >= 4 is 16.7 Å². The van der Waals surface area contributed by atoms with E-state index in [1.54, 1.807) is 0 Å². The van der Waals surface area contributed by atoms with Gasteiger partial charge in [-0.25, -0.2) is 4.98 Å². The van der Waals surface area contributed by atoms with Crippen LogP contribution in [0.4, 0.5) is 5.82 Å². The van der Waals surface area contributed by atoms with Crippen molar-refractivity contribution in [2.24, 2.45) is 11.7 Å². The van der Waals surface area contributed by atoms with Crippen molar-refractivity contribution in [3.8, 4) is 0 Å². The minimum Gasteiger partial charge on any atom is -0.354 e. The summed E-state index contributed by atoms with van der Waals surface area (Å²) in [5, 5.41) is 1.17. The Bertz CT molecular complexity index is 602. The molecule has 1 aromatic heterocycles. The van der Waals surface area contributed by atoms with Crippen LogP contribution in [0.5, 0.6) is 0 Å². The SMILES string of the molecule is CC(C)N(CC1CC1)c1nc2ccccc2cc1CN. The Morgan fingerprint density at radius 1 is 1.30 bits per heavy atom. The number of rotatable bonds is 5. The minimum atomic E-state index is 0.453. The Labute approximate surface area is 120 Å². The lowest BCUT2D eigenvalue weighted by Crippen LogP contribution is -2.34. The fourth-order valence-corrected chi connectivity index (χ4v) is 2.67. The smallest absolute Gasteiger partial charge is 0.134 e. The van der Waals surface area contributed by atoms with E-state index >= 15 is 0 Å². The second kappa shape index (κ2) is 5.41. The summed E-state index contributed by atoms with van der Waals surface area (Å²) < 4.78 is 0. The average Bonchev–Trinajstić information content (AvgIpc) is 3.27. The molecule has 3 heteroatoms. The van der Waals surface area contributed by atoms with E-state index in [1.165, 1.54) is 18.2 Å². The molecule has 1 aliphatic carbocycles. The molecule has 0 amide bonds. The Kier molecular flexibility index (Phi) is 3.62. The second-order valence-electron chi connectivity index (χ2n) is 6.06. The molecule has 3 rings (SSSR count). The molecule has 0 radical (unpaired) electrons. The summed E-state index contributed by atoms with van der Waals surface area (Å²) in [5.74, 6) is 1.92. The second-order valence-corrected chi connectivity index (χ2v) is 6.06. The maximum Gasteiger partial charge on any atom is 0.134 e. The Morgan fingerprint density at radius 3 is 2.70 bits per heavy atom. The van der Waals surface area contributed by atoms with Gasteiger partial charge in [0.25, 0.3) is 0 Å². The number of nitrogens with two attached hydrogens (primary N) is 1. The van der Waals surface area contributed by atoms with Gasteiger partial charge in [0.15, 0.2) is 0 Å². The molecular weight excluding hydrogens is 246 g/mol. The van der Waals surface area contributed by atoms with Crippen molar-refractivity contribution in [2.75, 3.05) is 11.4 Å². The molecule has 0 spiro atoms. The summed E-state index contributed by atoms with van der Waals surface area (Å²) in [6.45, 7) is 6.12. The zero-order valence-electron chi connectivity index (χ0n) is 12.3. The molecule has 2 aromatic rings. The lowest BCUT2D eigenvalue weighted by Gasteiger charge is -2.30. The number of nitrogens with zero attached hydrogens (tertiary/aromatic N) is 2. The minimum absolute atomic E-state index is 0.453. The van der Waals surface area contributed by atoms with Gasteiger partial charge in [-0.1, -0.05) is 18.2 Å². The van der Waals surface area contributed by atoms with Crippen LogP contribution in [-0.4, -0.2) is 17.6 Å². The third kappa shape index (κ3) is 2.63. The van der Waals surface area contributed by atoms with Crippen LogP contribution in [0.2, 0.25) is 0 Å². The molecule has 1 fully saturated rings. The predicted molar refractivity (Wildman–Crippen MR) is 84.8 cm³/mol. The molecule has 0 atom stereocenters. The van der Waals surface area contributed by atoms with Gasteiger partial charge >= 0.3 is 0 Å². The van der Waals surface area contributed by atoms with Crippen molar-refractivity contribution in [3.63, 3.8) is 0 Å². The summed E-state index contributed by atoms with van der Waals surface area (Å²) in [6.07, 6.45) is 2.71. The lowest BCUT2D eigenvalue weighted by atomic mass is 10.1. The largest absolute Gasteiger partial charge is 0.354 e. The van der Waals surface area contributed by atoms with Gasteiger partial charge in [-0.15, -0.1) is 0 Å². The van der Waals surface area contributed by atoms with E-state index in [9.17, 15) is 0 Å². The molecule has 106 valence electrons. The lowest BCUT2D eigenvalue weighted by molar-refractivity contribution is 0.634. The highest BCUT2D eigenvalue weighted by Crippen LogP contribution is 2.33. The number of para-hydroxylation sites is 1. The number of fused-ring (bicyclic) bond motifs is 1. The molecule has 0 aliphatic heterocycles. The summed E-state index contributed by atoms with van der Waals surface area (Å²) in [5.41, 5.74) is 8.17. The van der Waals surface area contributed by atoms with Crippen LogP contribution in [0, 0.1) is 5.92 Å². The van der Waals surface area contributed by atoms with Crippen molar-refractivity contribution in [1.82, 2.24) is 4.98 Å². The van der Waals surface area contributed by atoms with Crippen LogP contribution in [0.1, 0.15) is 32.3 Å². The zero-order chi connectivity index (χ0) is 14.1. The van der Waals surface area contributed by atoms with Crippen LogP contribution in [0.15, 0.2) is 30.3 Å². The van der Waals surface area contributed by atoms with E-state index in [0.29, 0.717) is 12.6 Å². The zero-order valence-corrected chi connectivity index (χ0v) is 12.3. The normalized spacial score (nSPS) is 15.0. The van der Waals surface area contributed by atoms with E-state index < -0.39 is 0 Å². The van der Waals surface area contributed by atoms with Gasteiger partial charge in [-0.3, -0.25) is 0 Å².